The molecule has 0 saturated heterocycles. The Bertz CT molecular complexity index is 3930. The number of anilines is 1. The molecule has 2 nitrogen and oxygen atoms in total. The zero-order valence-electron chi connectivity index (χ0n) is 53.9. The van der Waals surface area contributed by atoms with Gasteiger partial charge < -0.3 is 5.32 Å². The fourth-order valence-electron chi connectivity index (χ4n) is 11.9. The summed E-state index contributed by atoms with van der Waals surface area (Å²) in [5, 5.41) is 2.77. The van der Waals surface area contributed by atoms with Crippen molar-refractivity contribution >= 4 is 130 Å². The van der Waals surface area contributed by atoms with Crippen LogP contribution in [0, 0.1) is 47.3 Å². The predicted octanol–water partition coefficient (Wildman–Crippen LogP) is 27.2. The van der Waals surface area contributed by atoms with Crippen LogP contribution in [0.4, 0.5) is 5.69 Å². The molecular weight excluding hydrogens is 1300 g/mol. The molecule has 460 valence electrons. The number of carbonyl (C=O) groups excluding carboxylic acids is 1. The number of hydrogen-bond acceptors (Lipinski definition) is 10. The highest BCUT2D eigenvalue weighted by atomic mass is 79.9. The minimum Gasteiger partial charge on any atom is -0.329 e. The maximum absolute atomic E-state index is 11.1. The van der Waals surface area contributed by atoms with Crippen molar-refractivity contribution in [3.05, 3.63) is 133 Å². The number of amides is 1. The third kappa shape index (κ3) is 16.0. The van der Waals surface area contributed by atoms with Crippen LogP contribution in [0.15, 0.2) is 88.7 Å². The lowest BCUT2D eigenvalue weighted by molar-refractivity contribution is -0.105. The Hall–Kier alpha value is -3.53. The molecule has 1 N–H and O–H groups in total. The zero-order chi connectivity index (χ0) is 62.1. The highest BCUT2D eigenvalue weighted by molar-refractivity contribution is 9.11. The third-order valence-electron chi connectivity index (χ3n) is 15.3. The molecule has 1 aromatic carbocycles. The summed E-state index contributed by atoms with van der Waals surface area (Å²) >= 11 is 22.0. The minimum atomic E-state index is 0.534. The average Bonchev–Trinajstić information content (AvgIpc) is 1.74. The first-order valence-electron chi connectivity index (χ1n) is 31.6. The summed E-state index contributed by atoms with van der Waals surface area (Å²) in [5.41, 5.74) is 13.9. The number of halogens is 1. The maximum atomic E-state index is 11.1. The van der Waals surface area contributed by atoms with Crippen molar-refractivity contribution in [3.63, 3.8) is 0 Å². The second-order valence-electron chi connectivity index (χ2n) is 27.5. The van der Waals surface area contributed by atoms with E-state index in [4.69, 9.17) is 0 Å². The average molecular weight is 1390 g/mol. The Morgan fingerprint density at radius 1 is 0.299 bits per heavy atom. The topological polar surface area (TPSA) is 29.1 Å². The van der Waals surface area contributed by atoms with Gasteiger partial charge in [-0.1, -0.05) is 123 Å². The second kappa shape index (κ2) is 29.0. The number of carbonyl (C=O) groups is 1. The molecule has 0 unspecified atom stereocenters. The number of rotatable bonds is 27. The first kappa shape index (κ1) is 66.4. The van der Waals surface area contributed by atoms with Crippen molar-refractivity contribution < 1.29 is 4.79 Å². The van der Waals surface area contributed by atoms with Gasteiger partial charge in [-0.2, -0.15) is 0 Å². The van der Waals surface area contributed by atoms with Gasteiger partial charge in [0.2, 0.25) is 6.41 Å². The molecule has 9 heterocycles. The maximum Gasteiger partial charge on any atom is 0.211 e. The Balaban J connectivity index is 1.04. The molecule has 0 fully saturated rings. The van der Waals surface area contributed by atoms with Gasteiger partial charge in [-0.3, -0.25) is 4.79 Å². The van der Waals surface area contributed by atoms with Gasteiger partial charge in [0.15, 0.2) is 0 Å². The summed E-state index contributed by atoms with van der Waals surface area (Å²) in [6, 6.07) is 33.3. The van der Waals surface area contributed by atoms with Gasteiger partial charge in [0, 0.05) is 88.6 Å². The third-order valence-corrected chi connectivity index (χ3v) is 28.0. The largest absolute Gasteiger partial charge is 0.329 e. The molecule has 0 saturated carbocycles. The lowest BCUT2D eigenvalue weighted by Gasteiger charge is -2.05. The predicted molar refractivity (Wildman–Crippen MR) is 402 cm³/mol. The van der Waals surface area contributed by atoms with Gasteiger partial charge in [0.1, 0.15) is 0 Å². The molecule has 10 aromatic rings. The summed E-state index contributed by atoms with van der Waals surface area (Å²) in [5.74, 6) is 4.44. The first-order chi connectivity index (χ1) is 41.5. The number of nitrogens with one attached hydrogen (secondary N) is 1. The van der Waals surface area contributed by atoms with E-state index in [1.807, 2.05) is 68.8 Å². The van der Waals surface area contributed by atoms with Gasteiger partial charge in [0.05, 0.1) is 3.79 Å². The molecule has 0 spiro atoms. The number of thiophene rings is 9. The molecule has 0 bridgehead atoms. The fourth-order valence-corrected chi connectivity index (χ4v) is 24.0. The molecule has 0 atom stereocenters. The standard InChI is InChI=1S/C75H88BrNOS9/c1-40(2)23-49-31-60(59-22-21-58(79-59)48-17-19-57(20-18-48)77-39-78)80-68(49)61-32-50(24-41(3)4)69(81-61)62-33-51(25-42(5)6)70(82-62)63-34-52(26-43(7)8)71(83-63)64-35-53(27-44(9)10)72(84-64)65-36-54(28-45(11)12)73(85-65)66-37-55(29-46(13)14)74(86-66)67-38-56(30-47(15)16)75(76)87-67/h17-22,31-47H,23-30H2,1-16H3,(H,77,78). The Morgan fingerprint density at radius 2 is 0.540 bits per heavy atom. The summed E-state index contributed by atoms with van der Waals surface area (Å²) in [6.45, 7) is 38.0. The van der Waals surface area contributed by atoms with Gasteiger partial charge in [-0.25, -0.2) is 0 Å². The van der Waals surface area contributed by atoms with Crippen LogP contribution in [0.3, 0.4) is 0 Å². The summed E-state index contributed by atoms with van der Waals surface area (Å²) in [6.07, 6.45) is 9.28. The molecule has 10 rings (SSSR count). The van der Waals surface area contributed by atoms with Crippen molar-refractivity contribution in [2.75, 3.05) is 5.32 Å². The van der Waals surface area contributed by atoms with E-state index in [2.05, 4.69) is 250 Å². The number of hydrogen-bond donors (Lipinski definition) is 1. The van der Waals surface area contributed by atoms with Crippen molar-refractivity contribution in [1.29, 1.82) is 0 Å². The van der Waals surface area contributed by atoms with E-state index >= 15 is 0 Å². The number of benzene rings is 1. The van der Waals surface area contributed by atoms with E-state index in [9.17, 15) is 4.79 Å². The molecule has 87 heavy (non-hydrogen) atoms. The van der Waals surface area contributed by atoms with Crippen LogP contribution in [-0.4, -0.2) is 6.41 Å². The van der Waals surface area contributed by atoms with Crippen LogP contribution in [0.25, 0.3) is 88.5 Å². The van der Waals surface area contributed by atoms with Gasteiger partial charge in [0.25, 0.3) is 0 Å². The molecule has 12 heteroatoms. The van der Waals surface area contributed by atoms with E-state index in [0.717, 1.165) is 63.5 Å². The lowest BCUT2D eigenvalue weighted by Crippen LogP contribution is -1.94. The van der Waals surface area contributed by atoms with Crippen LogP contribution in [0.2, 0.25) is 0 Å². The molecule has 0 aliphatic rings. The van der Waals surface area contributed by atoms with Crippen LogP contribution in [-0.2, 0) is 56.2 Å². The van der Waals surface area contributed by atoms with Crippen LogP contribution < -0.4 is 5.32 Å². The Labute approximate surface area is 565 Å². The molecule has 0 aliphatic carbocycles. The van der Waals surface area contributed by atoms with Gasteiger partial charge in [-0.15, -0.1) is 102 Å². The van der Waals surface area contributed by atoms with Crippen LogP contribution in [0.1, 0.15) is 155 Å². The summed E-state index contributed by atoms with van der Waals surface area (Å²) in [4.78, 5) is 35.1. The van der Waals surface area contributed by atoms with Crippen LogP contribution in [0.5, 0.6) is 0 Å². The Morgan fingerprint density at radius 3 is 0.828 bits per heavy atom. The van der Waals surface area contributed by atoms with E-state index in [-0.39, 0.29) is 0 Å². The summed E-state index contributed by atoms with van der Waals surface area (Å²) < 4.78 is 1.29. The molecule has 1 amide bonds. The van der Waals surface area contributed by atoms with Crippen molar-refractivity contribution in [1.82, 2.24) is 0 Å². The monoisotopic (exact) mass is 1390 g/mol. The highest BCUT2D eigenvalue weighted by Crippen LogP contribution is 2.55. The second-order valence-corrected chi connectivity index (χ2v) is 38.3. The zero-order valence-corrected chi connectivity index (χ0v) is 62.8. The SMILES string of the molecule is CC(C)Cc1cc(-c2sc(-c3sc(-c4sc(-c5sc(-c6sc(-c7sc(-c8sc(-c9ccc(-c%10ccc(NC=O)cc%10)s9)cc8CC(C)C)cc7CC(C)C)cc6CC(C)C)cc5CC(C)C)cc4CC(C)C)cc3CC(C)C)cc2CC(C)C)sc1Br. The van der Waals surface area contributed by atoms with E-state index in [1.165, 1.54) is 137 Å². The molecule has 0 radical (unpaired) electrons. The quantitative estimate of drug-likeness (QED) is 0.0511. The normalized spacial score (nSPS) is 12.3. The van der Waals surface area contributed by atoms with Crippen LogP contribution >= 0.6 is 118 Å². The minimum absolute atomic E-state index is 0.534. The molecular formula is C75H88BrNOS9. The molecule has 0 aliphatic heterocycles. The van der Waals surface area contributed by atoms with Gasteiger partial charge >= 0.3 is 0 Å². The highest BCUT2D eigenvalue weighted by Gasteiger charge is 2.28. The summed E-state index contributed by atoms with van der Waals surface area (Å²) in [7, 11) is 0. The Kier molecular flexibility index (Phi) is 22.1. The van der Waals surface area contributed by atoms with Crippen molar-refractivity contribution in [2.45, 2.75) is 162 Å². The smallest absolute Gasteiger partial charge is 0.211 e. The van der Waals surface area contributed by atoms with E-state index in [0.29, 0.717) is 47.3 Å². The van der Waals surface area contributed by atoms with E-state index in [1.54, 1.807) is 0 Å². The molecule has 9 aromatic heterocycles. The lowest BCUT2D eigenvalue weighted by atomic mass is 9.99. The fraction of sp³-hybridized carbons (Fsp3) is 0.427. The van der Waals surface area contributed by atoms with Crippen molar-refractivity contribution in [3.8, 4) is 88.5 Å². The van der Waals surface area contributed by atoms with Crippen molar-refractivity contribution in [2.24, 2.45) is 47.3 Å². The van der Waals surface area contributed by atoms with Gasteiger partial charge in [-0.05, 0) is 238 Å². The van der Waals surface area contributed by atoms with E-state index < -0.39 is 0 Å². The first-order valence-corrected chi connectivity index (χ1v) is 39.7.